The molecule has 18 heavy (non-hydrogen) atoms. The highest BCUT2D eigenvalue weighted by Gasteiger charge is 2.03. The van der Waals surface area contributed by atoms with Crippen molar-refractivity contribution >= 4 is 0 Å². The standard InChI is InChI=1S/C14H27N3O/c1-12(2)9-15-10-14-16-5-6-17(14)7-8-18-11-13(3)4/h5-6,12-13,15H,7-11H2,1-4H3. The Balaban J connectivity index is 2.26. The SMILES string of the molecule is CC(C)CNCc1nccn1CCOCC(C)C. The van der Waals surface area contributed by atoms with Gasteiger partial charge in [0.2, 0.25) is 0 Å². The molecule has 0 saturated carbocycles. The van der Waals surface area contributed by atoms with Crippen LogP contribution in [-0.4, -0.2) is 29.3 Å². The van der Waals surface area contributed by atoms with Crippen molar-refractivity contribution in [3.05, 3.63) is 18.2 Å². The largest absolute Gasteiger partial charge is 0.379 e. The highest BCUT2D eigenvalue weighted by Crippen LogP contribution is 1.99. The molecule has 0 radical (unpaired) electrons. The predicted molar refractivity (Wildman–Crippen MR) is 74.4 cm³/mol. The summed E-state index contributed by atoms with van der Waals surface area (Å²) in [6.07, 6.45) is 3.87. The van der Waals surface area contributed by atoms with E-state index >= 15 is 0 Å². The lowest BCUT2D eigenvalue weighted by atomic mass is 10.2. The summed E-state index contributed by atoms with van der Waals surface area (Å²) in [5.41, 5.74) is 0. The zero-order chi connectivity index (χ0) is 13.4. The number of aromatic nitrogens is 2. The maximum Gasteiger partial charge on any atom is 0.122 e. The van der Waals surface area contributed by atoms with Crippen LogP contribution in [0, 0.1) is 11.8 Å². The second-order valence-corrected chi connectivity index (χ2v) is 5.53. The molecule has 0 amide bonds. The van der Waals surface area contributed by atoms with E-state index in [4.69, 9.17) is 4.74 Å². The first-order chi connectivity index (χ1) is 8.59. The van der Waals surface area contributed by atoms with E-state index in [0.717, 1.165) is 38.7 Å². The van der Waals surface area contributed by atoms with Gasteiger partial charge in [-0.2, -0.15) is 0 Å². The Bertz CT molecular complexity index is 321. The molecule has 0 aliphatic carbocycles. The minimum atomic E-state index is 0.597. The van der Waals surface area contributed by atoms with Crippen LogP contribution >= 0.6 is 0 Å². The van der Waals surface area contributed by atoms with Gasteiger partial charge >= 0.3 is 0 Å². The number of ether oxygens (including phenoxy) is 1. The maximum absolute atomic E-state index is 5.60. The molecule has 0 saturated heterocycles. The van der Waals surface area contributed by atoms with Gasteiger partial charge in [0.05, 0.1) is 13.2 Å². The Hall–Kier alpha value is -0.870. The zero-order valence-electron chi connectivity index (χ0n) is 12.1. The molecule has 4 heteroatoms. The molecule has 1 aromatic rings. The van der Waals surface area contributed by atoms with Gasteiger partial charge in [0.15, 0.2) is 0 Å². The molecule has 4 nitrogen and oxygen atoms in total. The van der Waals surface area contributed by atoms with Gasteiger partial charge in [-0.1, -0.05) is 27.7 Å². The number of imidazole rings is 1. The fourth-order valence-electron chi connectivity index (χ4n) is 1.67. The summed E-state index contributed by atoms with van der Waals surface area (Å²) >= 11 is 0. The normalized spacial score (nSPS) is 11.7. The molecule has 1 N–H and O–H groups in total. The number of nitrogens with zero attached hydrogens (tertiary/aromatic N) is 2. The Morgan fingerprint density at radius 1 is 1.28 bits per heavy atom. The van der Waals surface area contributed by atoms with Crippen LogP contribution in [0.4, 0.5) is 0 Å². The molecule has 0 aliphatic heterocycles. The predicted octanol–water partition coefficient (Wildman–Crippen LogP) is 2.30. The third-order valence-electron chi connectivity index (χ3n) is 2.57. The van der Waals surface area contributed by atoms with Crippen molar-refractivity contribution in [1.82, 2.24) is 14.9 Å². The summed E-state index contributed by atoms with van der Waals surface area (Å²) < 4.78 is 7.76. The first kappa shape index (κ1) is 15.2. The number of hydrogen-bond donors (Lipinski definition) is 1. The Morgan fingerprint density at radius 2 is 2.06 bits per heavy atom. The summed E-state index contributed by atoms with van der Waals surface area (Å²) in [7, 11) is 0. The Labute approximate surface area is 111 Å². The molecule has 0 aliphatic rings. The fraction of sp³-hybridized carbons (Fsp3) is 0.786. The van der Waals surface area contributed by atoms with E-state index in [1.807, 2.05) is 12.4 Å². The van der Waals surface area contributed by atoms with Crippen LogP contribution in [0.1, 0.15) is 33.5 Å². The van der Waals surface area contributed by atoms with Crippen LogP contribution in [0.15, 0.2) is 12.4 Å². The molecule has 0 fully saturated rings. The van der Waals surface area contributed by atoms with Crippen LogP contribution < -0.4 is 5.32 Å². The first-order valence-corrected chi connectivity index (χ1v) is 6.88. The molecule has 1 aromatic heterocycles. The van der Waals surface area contributed by atoms with Crippen LogP contribution in [-0.2, 0) is 17.8 Å². The van der Waals surface area contributed by atoms with Crippen molar-refractivity contribution in [1.29, 1.82) is 0 Å². The van der Waals surface area contributed by atoms with Gasteiger partial charge in [0.1, 0.15) is 5.82 Å². The van der Waals surface area contributed by atoms with Crippen LogP contribution in [0.5, 0.6) is 0 Å². The van der Waals surface area contributed by atoms with E-state index in [0.29, 0.717) is 11.8 Å². The van der Waals surface area contributed by atoms with Gasteiger partial charge in [-0.05, 0) is 18.4 Å². The summed E-state index contributed by atoms with van der Waals surface area (Å²) in [5.74, 6) is 2.35. The average molecular weight is 253 g/mol. The van der Waals surface area contributed by atoms with Gasteiger partial charge in [-0.15, -0.1) is 0 Å². The molecule has 1 heterocycles. The number of rotatable bonds is 9. The van der Waals surface area contributed by atoms with E-state index in [-0.39, 0.29) is 0 Å². The van der Waals surface area contributed by atoms with Gasteiger partial charge in [-0.3, -0.25) is 0 Å². The van der Waals surface area contributed by atoms with Crippen LogP contribution in [0.25, 0.3) is 0 Å². The lowest BCUT2D eigenvalue weighted by Crippen LogP contribution is -2.22. The van der Waals surface area contributed by atoms with Gasteiger partial charge in [0.25, 0.3) is 0 Å². The van der Waals surface area contributed by atoms with Crippen molar-refractivity contribution in [3.8, 4) is 0 Å². The third kappa shape index (κ3) is 6.17. The smallest absolute Gasteiger partial charge is 0.122 e. The average Bonchev–Trinajstić information content (AvgIpc) is 2.71. The summed E-state index contributed by atoms with van der Waals surface area (Å²) in [6.45, 7) is 13.1. The zero-order valence-corrected chi connectivity index (χ0v) is 12.1. The first-order valence-electron chi connectivity index (χ1n) is 6.88. The number of nitrogens with one attached hydrogen (secondary N) is 1. The summed E-state index contributed by atoms with van der Waals surface area (Å²) in [6, 6.07) is 0. The quantitative estimate of drug-likeness (QED) is 0.686. The van der Waals surface area contributed by atoms with Crippen molar-refractivity contribution in [2.75, 3.05) is 19.8 Å². The fourth-order valence-corrected chi connectivity index (χ4v) is 1.67. The van der Waals surface area contributed by atoms with E-state index in [1.165, 1.54) is 0 Å². The molecule has 0 atom stereocenters. The monoisotopic (exact) mass is 253 g/mol. The molecule has 104 valence electrons. The van der Waals surface area contributed by atoms with Crippen LogP contribution in [0.2, 0.25) is 0 Å². The lowest BCUT2D eigenvalue weighted by Gasteiger charge is -2.11. The molecule has 1 rings (SSSR count). The minimum absolute atomic E-state index is 0.597. The van der Waals surface area contributed by atoms with Gasteiger partial charge in [0, 0.05) is 25.5 Å². The second-order valence-electron chi connectivity index (χ2n) is 5.53. The maximum atomic E-state index is 5.60. The lowest BCUT2D eigenvalue weighted by molar-refractivity contribution is 0.102. The molecule has 0 spiro atoms. The highest BCUT2D eigenvalue weighted by molar-refractivity contribution is 4.91. The summed E-state index contributed by atoms with van der Waals surface area (Å²) in [5, 5.41) is 3.41. The van der Waals surface area contributed by atoms with E-state index < -0.39 is 0 Å². The van der Waals surface area contributed by atoms with E-state index in [1.54, 1.807) is 0 Å². The van der Waals surface area contributed by atoms with Crippen molar-refractivity contribution in [2.45, 2.75) is 40.8 Å². The van der Waals surface area contributed by atoms with Crippen molar-refractivity contribution < 1.29 is 4.74 Å². The van der Waals surface area contributed by atoms with Gasteiger partial charge < -0.3 is 14.6 Å². The Morgan fingerprint density at radius 3 is 2.72 bits per heavy atom. The Kier molecular flexibility index (Phi) is 6.98. The molecule has 0 bridgehead atoms. The summed E-state index contributed by atoms with van der Waals surface area (Å²) in [4.78, 5) is 4.37. The molecular weight excluding hydrogens is 226 g/mol. The topological polar surface area (TPSA) is 39.1 Å². The van der Waals surface area contributed by atoms with E-state index in [9.17, 15) is 0 Å². The third-order valence-corrected chi connectivity index (χ3v) is 2.57. The van der Waals surface area contributed by atoms with E-state index in [2.05, 4.69) is 42.6 Å². The van der Waals surface area contributed by atoms with Gasteiger partial charge in [-0.25, -0.2) is 4.98 Å². The molecular formula is C14H27N3O. The van der Waals surface area contributed by atoms with Crippen LogP contribution in [0.3, 0.4) is 0 Å². The molecule has 0 aromatic carbocycles. The van der Waals surface area contributed by atoms with Crippen molar-refractivity contribution in [3.63, 3.8) is 0 Å². The molecule has 0 unspecified atom stereocenters. The van der Waals surface area contributed by atoms with Crippen molar-refractivity contribution in [2.24, 2.45) is 11.8 Å². The second kappa shape index (κ2) is 8.27. The number of hydrogen-bond acceptors (Lipinski definition) is 3. The minimum Gasteiger partial charge on any atom is -0.379 e. The highest BCUT2D eigenvalue weighted by atomic mass is 16.5.